The normalized spacial score (nSPS) is 14.9. The predicted octanol–water partition coefficient (Wildman–Crippen LogP) is 3.90. The Hall–Kier alpha value is -3.91. The number of benzene rings is 3. The molecule has 1 fully saturated rings. The fraction of sp³-hybridized carbons (Fsp3) is 0.345. The molecule has 3 aromatic carbocycles. The number of ether oxygens (including phenoxy) is 1. The summed E-state index contributed by atoms with van der Waals surface area (Å²) in [4.78, 5) is 7.05. The summed E-state index contributed by atoms with van der Waals surface area (Å²) in [6.07, 6.45) is 0.884. The Morgan fingerprint density at radius 2 is 1.65 bits per heavy atom. The first-order valence-electron chi connectivity index (χ1n) is 12.8. The summed E-state index contributed by atoms with van der Waals surface area (Å²) in [5, 5.41) is 13.1. The van der Waals surface area contributed by atoms with E-state index in [1.54, 1.807) is 7.11 Å². The van der Waals surface area contributed by atoms with E-state index in [-0.39, 0.29) is 6.04 Å². The maximum Gasteiger partial charge on any atom is 0.173 e. The number of tetrazole rings is 1. The van der Waals surface area contributed by atoms with Crippen LogP contribution in [0.5, 0.6) is 5.75 Å². The molecule has 1 aromatic heterocycles. The highest BCUT2D eigenvalue weighted by Gasteiger charge is 2.31. The molecule has 37 heavy (non-hydrogen) atoms. The van der Waals surface area contributed by atoms with E-state index >= 15 is 0 Å². The molecule has 1 aliphatic heterocycles. The zero-order valence-electron chi connectivity index (χ0n) is 21.9. The third-order valence-corrected chi connectivity index (χ3v) is 7.08. The number of aromatic nitrogens is 4. The van der Waals surface area contributed by atoms with Crippen LogP contribution >= 0.6 is 0 Å². The molecule has 0 amide bonds. The summed E-state index contributed by atoms with van der Waals surface area (Å²) in [6, 6.07) is 27.6. The van der Waals surface area contributed by atoms with E-state index in [0.717, 1.165) is 50.7 Å². The number of anilines is 2. The molecule has 1 atom stereocenters. The highest BCUT2D eigenvalue weighted by Crippen LogP contribution is 2.31. The van der Waals surface area contributed by atoms with Crippen LogP contribution < -0.4 is 14.5 Å². The van der Waals surface area contributed by atoms with Crippen LogP contribution in [-0.2, 0) is 13.0 Å². The molecule has 0 N–H and O–H groups in total. The third kappa shape index (κ3) is 5.75. The molecule has 4 aromatic rings. The Morgan fingerprint density at radius 3 is 2.35 bits per heavy atom. The number of piperazine rings is 1. The average molecular weight is 498 g/mol. The van der Waals surface area contributed by atoms with Crippen molar-refractivity contribution in [2.24, 2.45) is 0 Å². The second-order valence-corrected chi connectivity index (χ2v) is 9.61. The summed E-state index contributed by atoms with van der Waals surface area (Å²) in [7, 11) is 5.84. The van der Waals surface area contributed by atoms with Crippen LogP contribution in [0.2, 0.25) is 0 Å². The van der Waals surface area contributed by atoms with Gasteiger partial charge in [0.1, 0.15) is 5.75 Å². The molecule has 0 saturated carbocycles. The lowest BCUT2D eigenvalue weighted by molar-refractivity contribution is 0.200. The maximum atomic E-state index is 5.44. The lowest BCUT2D eigenvalue weighted by Gasteiger charge is -2.40. The van der Waals surface area contributed by atoms with E-state index in [0.29, 0.717) is 0 Å². The van der Waals surface area contributed by atoms with Crippen LogP contribution in [0.1, 0.15) is 23.0 Å². The van der Waals surface area contributed by atoms with Gasteiger partial charge >= 0.3 is 0 Å². The lowest BCUT2D eigenvalue weighted by atomic mass is 10.0. The molecule has 1 saturated heterocycles. The van der Waals surface area contributed by atoms with Crippen LogP contribution in [0.4, 0.5) is 11.4 Å². The molecule has 0 radical (unpaired) electrons. The second-order valence-electron chi connectivity index (χ2n) is 9.61. The first-order valence-corrected chi connectivity index (χ1v) is 12.8. The molecular weight excluding hydrogens is 462 g/mol. The highest BCUT2D eigenvalue weighted by molar-refractivity contribution is 5.51. The quantitative estimate of drug-likeness (QED) is 0.348. The zero-order chi connectivity index (χ0) is 25.6. The predicted molar refractivity (Wildman–Crippen MR) is 147 cm³/mol. The van der Waals surface area contributed by atoms with E-state index in [1.807, 2.05) is 16.8 Å². The van der Waals surface area contributed by atoms with E-state index in [2.05, 4.69) is 111 Å². The zero-order valence-corrected chi connectivity index (χ0v) is 21.9. The van der Waals surface area contributed by atoms with Gasteiger partial charge in [-0.2, -0.15) is 0 Å². The Bertz CT molecular complexity index is 1260. The van der Waals surface area contributed by atoms with Crippen molar-refractivity contribution in [3.8, 4) is 5.75 Å². The van der Waals surface area contributed by atoms with Crippen molar-refractivity contribution in [3.63, 3.8) is 0 Å². The van der Waals surface area contributed by atoms with E-state index in [9.17, 15) is 0 Å². The molecule has 2 heterocycles. The minimum Gasteiger partial charge on any atom is -0.497 e. The number of hydrogen-bond acceptors (Lipinski definition) is 7. The van der Waals surface area contributed by atoms with Gasteiger partial charge in [0.2, 0.25) is 0 Å². The number of rotatable bonds is 9. The molecular formula is C29H35N7O. The van der Waals surface area contributed by atoms with E-state index in [1.165, 1.54) is 22.5 Å². The summed E-state index contributed by atoms with van der Waals surface area (Å²) >= 11 is 0. The van der Waals surface area contributed by atoms with Crippen molar-refractivity contribution >= 4 is 11.4 Å². The molecule has 8 nitrogen and oxygen atoms in total. The first kappa shape index (κ1) is 24.8. The van der Waals surface area contributed by atoms with E-state index in [4.69, 9.17) is 4.74 Å². The lowest BCUT2D eigenvalue weighted by Crippen LogP contribution is -2.48. The Morgan fingerprint density at radius 1 is 0.892 bits per heavy atom. The minimum atomic E-state index is -0.0190. The van der Waals surface area contributed by atoms with Crippen LogP contribution in [0.15, 0.2) is 78.9 Å². The van der Waals surface area contributed by atoms with Gasteiger partial charge in [-0.15, -0.1) is 5.10 Å². The number of methoxy groups -OCH3 is 1. The Kier molecular flexibility index (Phi) is 7.65. The molecule has 0 aliphatic carbocycles. The van der Waals surface area contributed by atoms with Gasteiger partial charge in [0.15, 0.2) is 5.82 Å². The van der Waals surface area contributed by atoms with Crippen molar-refractivity contribution in [2.45, 2.75) is 19.0 Å². The van der Waals surface area contributed by atoms with Crippen molar-refractivity contribution < 1.29 is 4.74 Å². The fourth-order valence-corrected chi connectivity index (χ4v) is 4.97. The van der Waals surface area contributed by atoms with Gasteiger partial charge in [0.25, 0.3) is 0 Å². The van der Waals surface area contributed by atoms with Crippen LogP contribution in [0.25, 0.3) is 0 Å². The van der Waals surface area contributed by atoms with Gasteiger partial charge in [-0.1, -0.05) is 48.5 Å². The summed E-state index contributed by atoms with van der Waals surface area (Å²) in [5.74, 6) is 1.78. The molecule has 5 rings (SSSR count). The molecule has 1 aliphatic rings. The average Bonchev–Trinajstić information content (AvgIpc) is 3.41. The third-order valence-electron chi connectivity index (χ3n) is 7.08. The van der Waals surface area contributed by atoms with Crippen molar-refractivity contribution in [1.29, 1.82) is 0 Å². The summed E-state index contributed by atoms with van der Waals surface area (Å²) < 4.78 is 7.42. The van der Waals surface area contributed by atoms with E-state index < -0.39 is 0 Å². The Labute approximate surface area is 219 Å². The van der Waals surface area contributed by atoms with Gasteiger partial charge in [-0.3, -0.25) is 4.90 Å². The van der Waals surface area contributed by atoms with Crippen molar-refractivity contribution in [1.82, 2.24) is 25.1 Å². The summed E-state index contributed by atoms with van der Waals surface area (Å²) in [5.41, 5.74) is 4.85. The van der Waals surface area contributed by atoms with Crippen LogP contribution in [0.3, 0.4) is 0 Å². The highest BCUT2D eigenvalue weighted by atomic mass is 16.5. The Balaban J connectivity index is 1.39. The van der Waals surface area contributed by atoms with Gasteiger partial charge in [-0.25, -0.2) is 4.68 Å². The molecule has 0 bridgehead atoms. The van der Waals surface area contributed by atoms with Crippen LogP contribution in [-0.4, -0.2) is 72.5 Å². The van der Waals surface area contributed by atoms with Gasteiger partial charge < -0.3 is 14.5 Å². The van der Waals surface area contributed by atoms with Gasteiger partial charge in [0, 0.05) is 64.3 Å². The fourth-order valence-electron chi connectivity index (χ4n) is 4.97. The smallest absolute Gasteiger partial charge is 0.173 e. The monoisotopic (exact) mass is 497 g/mol. The summed E-state index contributed by atoms with van der Waals surface area (Å²) in [6.45, 7) is 4.39. The van der Waals surface area contributed by atoms with Gasteiger partial charge in [0.05, 0.1) is 13.2 Å². The number of hydrogen-bond donors (Lipinski definition) is 0. The topological polar surface area (TPSA) is 62.6 Å². The SMILES string of the molecule is COc1cccc(N2CCN([C@@H](c3ccc(N(C)C)cc3)c3nnnn3CCc3ccccc3)CC2)c1. The second kappa shape index (κ2) is 11.4. The number of aryl methyl sites for hydroxylation is 2. The van der Waals surface area contributed by atoms with Crippen molar-refractivity contribution in [3.05, 3.63) is 95.8 Å². The molecule has 0 unspecified atom stereocenters. The standard InChI is InChI=1S/C29H35N7O/c1-33(2)25-14-12-24(13-15-25)28(29-30-31-32-36(29)17-16-23-8-5-4-6-9-23)35-20-18-34(19-21-35)26-10-7-11-27(22-26)37-3/h4-15,22,28H,16-21H2,1-3H3/t28-/m0/s1. The first-order chi connectivity index (χ1) is 18.1. The molecule has 8 heteroatoms. The van der Waals surface area contributed by atoms with Crippen LogP contribution in [0, 0.1) is 0 Å². The minimum absolute atomic E-state index is 0.0190. The molecule has 192 valence electrons. The largest absolute Gasteiger partial charge is 0.497 e. The maximum absolute atomic E-state index is 5.44. The van der Waals surface area contributed by atoms with Crippen molar-refractivity contribution in [2.75, 3.05) is 57.2 Å². The van der Waals surface area contributed by atoms with Gasteiger partial charge in [-0.05, 0) is 52.2 Å². The number of nitrogens with zero attached hydrogens (tertiary/aromatic N) is 7. The molecule has 0 spiro atoms.